The van der Waals surface area contributed by atoms with Crippen molar-refractivity contribution in [2.24, 2.45) is 5.92 Å². The number of aliphatic hydroxyl groups excluding tert-OH is 1. The molecular weight excluding hydrogens is 262 g/mol. The summed E-state index contributed by atoms with van der Waals surface area (Å²) in [5.74, 6) is 0.836. The summed E-state index contributed by atoms with van der Waals surface area (Å²) < 4.78 is 5.84. The molecule has 2 atom stereocenters. The molecule has 3 heteroatoms. The molecule has 2 rings (SSSR count). The van der Waals surface area contributed by atoms with Crippen molar-refractivity contribution in [3.63, 3.8) is 0 Å². The summed E-state index contributed by atoms with van der Waals surface area (Å²) in [7, 11) is 0. The van der Waals surface area contributed by atoms with Crippen LogP contribution in [-0.4, -0.2) is 30.5 Å². The maximum atomic E-state index is 10.0. The lowest BCUT2D eigenvalue weighted by atomic mass is 9.89. The molecule has 21 heavy (non-hydrogen) atoms. The van der Waals surface area contributed by atoms with Crippen LogP contribution >= 0.6 is 0 Å². The summed E-state index contributed by atoms with van der Waals surface area (Å²) in [5.41, 5.74) is 1.24. The van der Waals surface area contributed by atoms with Crippen molar-refractivity contribution < 1.29 is 9.84 Å². The lowest BCUT2D eigenvalue weighted by Gasteiger charge is -2.27. The lowest BCUT2D eigenvalue weighted by molar-refractivity contribution is -0.0283. The maximum Gasteiger partial charge on any atom is 0.0898 e. The first-order chi connectivity index (χ1) is 10.1. The van der Waals surface area contributed by atoms with Gasteiger partial charge in [-0.05, 0) is 44.1 Å². The van der Waals surface area contributed by atoms with E-state index in [-0.39, 0.29) is 6.04 Å². The van der Waals surface area contributed by atoms with Gasteiger partial charge in [0.2, 0.25) is 0 Å². The van der Waals surface area contributed by atoms with Crippen LogP contribution in [0.25, 0.3) is 0 Å². The van der Waals surface area contributed by atoms with E-state index < -0.39 is 6.10 Å². The quantitative estimate of drug-likeness (QED) is 0.810. The first-order valence-corrected chi connectivity index (χ1v) is 8.23. The summed E-state index contributed by atoms with van der Waals surface area (Å²) in [4.78, 5) is 0. The molecule has 0 saturated heterocycles. The van der Waals surface area contributed by atoms with Crippen LogP contribution in [0.1, 0.15) is 51.1 Å². The van der Waals surface area contributed by atoms with E-state index in [2.05, 4.69) is 31.3 Å². The highest BCUT2D eigenvalue weighted by Crippen LogP contribution is 2.25. The Morgan fingerprint density at radius 3 is 2.52 bits per heavy atom. The van der Waals surface area contributed by atoms with Crippen molar-refractivity contribution in [2.75, 3.05) is 13.2 Å². The Balaban J connectivity index is 1.62. The minimum absolute atomic E-state index is 0.247. The Hall–Kier alpha value is -0.900. The van der Waals surface area contributed by atoms with Crippen LogP contribution in [0.3, 0.4) is 0 Å². The maximum absolute atomic E-state index is 10.0. The van der Waals surface area contributed by atoms with Crippen molar-refractivity contribution in [3.8, 4) is 0 Å². The van der Waals surface area contributed by atoms with Crippen LogP contribution in [0.15, 0.2) is 30.3 Å². The summed E-state index contributed by atoms with van der Waals surface area (Å²) in [6, 6.07) is 10.5. The third-order valence-corrected chi connectivity index (χ3v) is 4.45. The number of aliphatic hydroxyl groups is 1. The molecule has 1 fully saturated rings. The molecule has 1 unspecified atom stereocenters. The van der Waals surface area contributed by atoms with E-state index in [4.69, 9.17) is 4.74 Å². The van der Waals surface area contributed by atoms with E-state index >= 15 is 0 Å². The first kappa shape index (κ1) is 16.5. The third-order valence-electron chi connectivity index (χ3n) is 4.45. The zero-order valence-corrected chi connectivity index (χ0v) is 13.3. The number of hydrogen-bond donors (Lipinski definition) is 2. The summed E-state index contributed by atoms with van der Waals surface area (Å²) >= 11 is 0. The van der Waals surface area contributed by atoms with Gasteiger partial charge < -0.3 is 15.2 Å². The van der Waals surface area contributed by atoms with E-state index in [9.17, 15) is 5.11 Å². The van der Waals surface area contributed by atoms with Gasteiger partial charge in [-0.25, -0.2) is 0 Å². The fraction of sp³-hybridized carbons (Fsp3) is 0.667. The van der Waals surface area contributed by atoms with Crippen molar-refractivity contribution in [1.29, 1.82) is 0 Å². The van der Waals surface area contributed by atoms with Crippen LogP contribution in [0.4, 0.5) is 0 Å². The van der Waals surface area contributed by atoms with Crippen LogP contribution in [0.2, 0.25) is 0 Å². The van der Waals surface area contributed by atoms with Gasteiger partial charge in [-0.1, -0.05) is 37.3 Å². The third kappa shape index (κ3) is 5.77. The average molecular weight is 291 g/mol. The van der Waals surface area contributed by atoms with Gasteiger partial charge in [0.05, 0.1) is 18.8 Å². The van der Waals surface area contributed by atoms with Crippen molar-refractivity contribution in [2.45, 2.75) is 57.8 Å². The Kier molecular flexibility index (Phi) is 6.68. The van der Waals surface area contributed by atoms with E-state index in [1.807, 2.05) is 18.2 Å². The van der Waals surface area contributed by atoms with Crippen LogP contribution < -0.4 is 5.32 Å². The molecule has 0 heterocycles. The Labute approximate surface area is 128 Å². The van der Waals surface area contributed by atoms with Gasteiger partial charge in [0, 0.05) is 12.6 Å². The predicted molar refractivity (Wildman–Crippen MR) is 86.2 cm³/mol. The van der Waals surface area contributed by atoms with Crippen LogP contribution in [0, 0.1) is 5.92 Å². The molecule has 1 saturated carbocycles. The highest BCUT2D eigenvalue weighted by Gasteiger charge is 2.19. The molecule has 1 aromatic carbocycles. The van der Waals surface area contributed by atoms with E-state index in [0.717, 1.165) is 18.8 Å². The number of hydrogen-bond acceptors (Lipinski definition) is 3. The molecule has 1 aliphatic rings. The predicted octanol–water partition coefficient (Wildman–Crippen LogP) is 3.29. The molecule has 118 valence electrons. The van der Waals surface area contributed by atoms with Gasteiger partial charge >= 0.3 is 0 Å². The lowest BCUT2D eigenvalue weighted by Crippen LogP contribution is -2.34. The molecule has 2 N–H and O–H groups in total. The Morgan fingerprint density at radius 2 is 1.86 bits per heavy atom. The normalized spacial score (nSPS) is 25.5. The molecule has 1 aliphatic carbocycles. The van der Waals surface area contributed by atoms with Crippen LogP contribution in [0.5, 0.6) is 0 Å². The van der Waals surface area contributed by atoms with Gasteiger partial charge in [-0.3, -0.25) is 0 Å². The van der Waals surface area contributed by atoms with E-state index in [1.54, 1.807) is 0 Å². The Bertz CT molecular complexity index is 387. The highest BCUT2D eigenvalue weighted by molar-refractivity contribution is 5.17. The molecule has 3 nitrogen and oxygen atoms in total. The van der Waals surface area contributed by atoms with Gasteiger partial charge in [0.15, 0.2) is 0 Å². The first-order valence-electron chi connectivity index (χ1n) is 8.23. The largest absolute Gasteiger partial charge is 0.389 e. The molecule has 0 amide bonds. The number of benzene rings is 1. The summed E-state index contributed by atoms with van der Waals surface area (Å²) in [6.45, 7) is 5.43. The van der Waals surface area contributed by atoms with Gasteiger partial charge in [0.1, 0.15) is 0 Å². The number of nitrogens with one attached hydrogen (secondary N) is 1. The SMILES string of the molecule is CC1CCC(OCC(O)CN[C@@H](C)c2ccccc2)CC1. The molecule has 0 radical (unpaired) electrons. The van der Waals surface area contributed by atoms with E-state index in [1.165, 1.54) is 18.4 Å². The fourth-order valence-electron chi connectivity index (χ4n) is 2.87. The second-order valence-corrected chi connectivity index (χ2v) is 6.41. The van der Waals surface area contributed by atoms with Crippen molar-refractivity contribution >= 4 is 0 Å². The highest BCUT2D eigenvalue weighted by atomic mass is 16.5. The standard InChI is InChI=1S/C18H29NO2/c1-14-8-10-18(11-9-14)21-13-17(20)12-19-15(2)16-6-4-3-5-7-16/h3-7,14-15,17-20H,8-13H2,1-2H3/t14?,15-,17?,18?/m0/s1. The molecular formula is C18H29NO2. The van der Waals surface area contributed by atoms with Crippen molar-refractivity contribution in [3.05, 3.63) is 35.9 Å². The molecule has 0 spiro atoms. The summed E-state index contributed by atoms with van der Waals surface area (Å²) in [6.07, 6.45) is 4.70. The second-order valence-electron chi connectivity index (χ2n) is 6.41. The molecule has 1 aromatic rings. The van der Waals surface area contributed by atoms with Gasteiger partial charge in [-0.2, -0.15) is 0 Å². The number of rotatable bonds is 7. The molecule has 0 aliphatic heterocycles. The zero-order valence-electron chi connectivity index (χ0n) is 13.3. The fourth-order valence-corrected chi connectivity index (χ4v) is 2.87. The monoisotopic (exact) mass is 291 g/mol. The number of ether oxygens (including phenoxy) is 1. The zero-order chi connectivity index (χ0) is 15.1. The second kappa shape index (κ2) is 8.52. The van der Waals surface area contributed by atoms with Crippen molar-refractivity contribution in [1.82, 2.24) is 5.32 Å². The minimum Gasteiger partial charge on any atom is -0.389 e. The topological polar surface area (TPSA) is 41.5 Å². The smallest absolute Gasteiger partial charge is 0.0898 e. The minimum atomic E-state index is -0.435. The van der Waals surface area contributed by atoms with Gasteiger partial charge in [-0.15, -0.1) is 0 Å². The van der Waals surface area contributed by atoms with Gasteiger partial charge in [0.25, 0.3) is 0 Å². The average Bonchev–Trinajstić information content (AvgIpc) is 2.53. The van der Waals surface area contributed by atoms with Crippen LogP contribution in [-0.2, 0) is 4.74 Å². The molecule has 0 bridgehead atoms. The van der Waals surface area contributed by atoms with E-state index in [0.29, 0.717) is 19.3 Å². The molecule has 0 aromatic heterocycles. The Morgan fingerprint density at radius 1 is 1.19 bits per heavy atom. The summed E-state index contributed by atoms with van der Waals surface area (Å²) in [5, 5.41) is 13.4.